The van der Waals surface area contributed by atoms with Crippen molar-refractivity contribution >= 4 is 24.1 Å². The maximum atomic E-state index is 10.1. The van der Waals surface area contributed by atoms with Gasteiger partial charge in [0.25, 0.3) is 0 Å². The number of rotatable bonds is 6. The van der Waals surface area contributed by atoms with Crippen LogP contribution in [-0.2, 0) is 11.3 Å². The first kappa shape index (κ1) is 23.1. The number of aliphatic hydroxyl groups excluding tert-OH is 4. The highest BCUT2D eigenvalue weighted by Gasteiger charge is 2.45. The van der Waals surface area contributed by atoms with Crippen molar-refractivity contribution in [2.75, 3.05) is 11.9 Å². The Balaban J connectivity index is 0.00000300. The van der Waals surface area contributed by atoms with Crippen LogP contribution >= 0.6 is 12.4 Å². The van der Waals surface area contributed by atoms with Crippen LogP contribution in [0.15, 0.2) is 65.7 Å². The van der Waals surface area contributed by atoms with Crippen LogP contribution in [0.3, 0.4) is 0 Å². The molecule has 1 fully saturated rings. The minimum absolute atomic E-state index is 0. The van der Waals surface area contributed by atoms with E-state index in [1.54, 1.807) is 0 Å². The summed E-state index contributed by atoms with van der Waals surface area (Å²) in [5, 5.41) is 45.4. The molecule has 0 aromatic heterocycles. The number of hydrogen-bond acceptors (Lipinski definition) is 6. The summed E-state index contributed by atoms with van der Waals surface area (Å²) in [4.78, 5) is 4.53. The van der Waals surface area contributed by atoms with E-state index in [0.717, 1.165) is 11.3 Å². The van der Waals surface area contributed by atoms with Gasteiger partial charge in [0.1, 0.15) is 18.3 Å². The van der Waals surface area contributed by atoms with Crippen molar-refractivity contribution in [3.8, 4) is 0 Å². The van der Waals surface area contributed by atoms with Crippen LogP contribution in [0, 0.1) is 0 Å². The predicted octanol–water partition coefficient (Wildman–Crippen LogP) is 0.466. The first-order valence-corrected chi connectivity index (χ1v) is 9.06. The van der Waals surface area contributed by atoms with Gasteiger partial charge >= 0.3 is 0 Å². The summed E-state index contributed by atoms with van der Waals surface area (Å²) in [7, 11) is 0. The number of benzene rings is 2. The number of halogens is 1. The smallest absolute Gasteiger partial charge is 0.196 e. The third-order valence-electron chi connectivity index (χ3n) is 4.49. The number of nitrogens with one attached hydrogen (secondary N) is 2. The third-order valence-corrected chi connectivity index (χ3v) is 4.49. The second-order valence-corrected chi connectivity index (χ2v) is 6.55. The molecule has 3 rings (SSSR count). The van der Waals surface area contributed by atoms with Crippen LogP contribution < -0.4 is 10.6 Å². The van der Waals surface area contributed by atoms with Crippen LogP contribution in [0.2, 0.25) is 0 Å². The molecule has 29 heavy (non-hydrogen) atoms. The molecule has 1 heterocycles. The molecular formula is C20H26ClN3O5. The lowest BCUT2D eigenvalue weighted by atomic mass is 10.0. The van der Waals surface area contributed by atoms with Crippen LogP contribution in [-0.4, -0.2) is 63.6 Å². The fourth-order valence-corrected chi connectivity index (χ4v) is 2.96. The second-order valence-electron chi connectivity index (χ2n) is 6.55. The van der Waals surface area contributed by atoms with E-state index in [-0.39, 0.29) is 12.4 Å². The Labute approximate surface area is 175 Å². The van der Waals surface area contributed by atoms with Crippen LogP contribution in [0.25, 0.3) is 0 Å². The fourth-order valence-electron chi connectivity index (χ4n) is 2.96. The Kier molecular flexibility index (Phi) is 8.84. The lowest BCUT2D eigenvalue weighted by molar-refractivity contribution is -0.132. The largest absolute Gasteiger partial charge is 0.394 e. The standard InChI is InChI=1S/C20H25N3O5.ClH/c24-12-15(18-16(25)17(26)19(27)28-18)23-20(22-14-9-5-2-6-10-14)21-11-13-7-3-1-4-8-13;/h1-10,15-19,24-27H,11-12H2,(H2,21,22,23);1H/t15-,16+,17+,18+,19?;/m0./s1. The highest BCUT2D eigenvalue weighted by atomic mass is 35.5. The number of anilines is 1. The summed E-state index contributed by atoms with van der Waals surface area (Å²) in [6.45, 7) is -0.0114. The minimum atomic E-state index is -1.51. The van der Waals surface area contributed by atoms with E-state index in [2.05, 4.69) is 15.6 Å². The third kappa shape index (κ3) is 6.14. The van der Waals surface area contributed by atoms with Gasteiger partial charge < -0.3 is 35.8 Å². The molecule has 0 amide bonds. The van der Waals surface area contributed by atoms with Gasteiger partial charge in [0.15, 0.2) is 12.2 Å². The van der Waals surface area contributed by atoms with E-state index < -0.39 is 37.3 Å². The van der Waals surface area contributed by atoms with Gasteiger partial charge in [-0.05, 0) is 17.7 Å². The number of aliphatic hydroxyl groups is 4. The lowest BCUT2D eigenvalue weighted by Crippen LogP contribution is -2.52. The average molecular weight is 424 g/mol. The van der Waals surface area contributed by atoms with E-state index in [0.29, 0.717) is 12.5 Å². The highest BCUT2D eigenvalue weighted by molar-refractivity contribution is 5.93. The van der Waals surface area contributed by atoms with Crippen molar-refractivity contribution < 1.29 is 25.2 Å². The molecule has 2 aromatic carbocycles. The highest BCUT2D eigenvalue weighted by Crippen LogP contribution is 2.22. The van der Waals surface area contributed by atoms with Gasteiger partial charge in [-0.15, -0.1) is 12.4 Å². The minimum Gasteiger partial charge on any atom is -0.394 e. The zero-order valence-electron chi connectivity index (χ0n) is 15.6. The quantitative estimate of drug-likeness (QED) is 0.294. The number of guanidine groups is 1. The molecule has 0 saturated carbocycles. The molecule has 158 valence electrons. The van der Waals surface area contributed by atoms with Crippen LogP contribution in [0.5, 0.6) is 0 Å². The maximum absolute atomic E-state index is 10.1. The number of nitrogens with zero attached hydrogens (tertiary/aromatic N) is 1. The summed E-state index contributed by atoms with van der Waals surface area (Å²) in [6, 6.07) is 18.2. The van der Waals surface area contributed by atoms with Crippen molar-refractivity contribution in [1.82, 2.24) is 5.32 Å². The summed E-state index contributed by atoms with van der Waals surface area (Å²) in [6.07, 6.45) is -5.29. The van der Waals surface area contributed by atoms with E-state index in [1.165, 1.54) is 0 Å². The predicted molar refractivity (Wildman–Crippen MR) is 112 cm³/mol. The van der Waals surface area contributed by atoms with Crippen molar-refractivity contribution in [3.05, 3.63) is 66.2 Å². The van der Waals surface area contributed by atoms with Gasteiger partial charge in [-0.3, -0.25) is 0 Å². The molecule has 1 aliphatic heterocycles. The van der Waals surface area contributed by atoms with E-state index in [4.69, 9.17) is 4.74 Å². The maximum Gasteiger partial charge on any atom is 0.196 e. The monoisotopic (exact) mass is 423 g/mol. The fraction of sp³-hybridized carbons (Fsp3) is 0.350. The molecular weight excluding hydrogens is 398 g/mol. The van der Waals surface area contributed by atoms with Crippen molar-refractivity contribution in [2.24, 2.45) is 4.99 Å². The number of aliphatic imine (C=N–C) groups is 1. The second kappa shape index (κ2) is 11.1. The zero-order valence-corrected chi connectivity index (χ0v) is 16.4. The van der Waals surface area contributed by atoms with E-state index in [9.17, 15) is 20.4 Å². The first-order valence-electron chi connectivity index (χ1n) is 9.06. The Morgan fingerprint density at radius 3 is 2.14 bits per heavy atom. The number of ether oxygens (including phenoxy) is 1. The Hall–Kier alpha value is -2.20. The van der Waals surface area contributed by atoms with Crippen molar-refractivity contribution in [1.29, 1.82) is 0 Å². The summed E-state index contributed by atoms with van der Waals surface area (Å²) >= 11 is 0. The molecule has 6 N–H and O–H groups in total. The van der Waals surface area contributed by atoms with E-state index in [1.807, 2.05) is 60.7 Å². The van der Waals surface area contributed by atoms with Gasteiger partial charge in [-0.25, -0.2) is 4.99 Å². The molecule has 9 heteroatoms. The molecule has 0 radical (unpaired) electrons. The molecule has 2 aromatic rings. The van der Waals surface area contributed by atoms with Crippen LogP contribution in [0.4, 0.5) is 5.69 Å². The van der Waals surface area contributed by atoms with Gasteiger partial charge in [0.05, 0.1) is 19.2 Å². The molecule has 1 saturated heterocycles. The topological polar surface area (TPSA) is 127 Å². The van der Waals surface area contributed by atoms with Crippen LogP contribution in [0.1, 0.15) is 5.56 Å². The van der Waals surface area contributed by atoms with E-state index >= 15 is 0 Å². The molecule has 1 unspecified atom stereocenters. The normalized spacial score (nSPS) is 25.2. The molecule has 0 aliphatic carbocycles. The zero-order chi connectivity index (χ0) is 19.9. The summed E-state index contributed by atoms with van der Waals surface area (Å²) < 4.78 is 5.20. The summed E-state index contributed by atoms with van der Waals surface area (Å²) in [5.74, 6) is 0.362. The van der Waals surface area contributed by atoms with Gasteiger partial charge in [0, 0.05) is 5.69 Å². The summed E-state index contributed by atoms with van der Waals surface area (Å²) in [5.41, 5.74) is 1.78. The Morgan fingerprint density at radius 2 is 1.59 bits per heavy atom. The SMILES string of the molecule is Cl.OC[C@H](NC(=NCc1ccccc1)Nc1ccccc1)[C@H]1OC(O)[C@H](O)[C@H]1O. The van der Waals surface area contributed by atoms with Gasteiger partial charge in [0.2, 0.25) is 0 Å². The molecule has 5 atom stereocenters. The average Bonchev–Trinajstić information content (AvgIpc) is 2.98. The Bertz CT molecular complexity index is 765. The van der Waals surface area contributed by atoms with Gasteiger partial charge in [-0.1, -0.05) is 48.5 Å². The van der Waals surface area contributed by atoms with Crippen molar-refractivity contribution in [2.45, 2.75) is 37.2 Å². The molecule has 8 nitrogen and oxygen atoms in total. The Morgan fingerprint density at radius 1 is 0.966 bits per heavy atom. The lowest BCUT2D eigenvalue weighted by Gasteiger charge is -2.26. The van der Waals surface area contributed by atoms with Gasteiger partial charge in [-0.2, -0.15) is 0 Å². The number of hydrogen-bond donors (Lipinski definition) is 6. The molecule has 0 spiro atoms. The molecule has 1 aliphatic rings. The first-order chi connectivity index (χ1) is 13.6. The number of para-hydroxylation sites is 1. The van der Waals surface area contributed by atoms with Crippen molar-refractivity contribution in [3.63, 3.8) is 0 Å². The molecule has 0 bridgehead atoms.